The van der Waals surface area contributed by atoms with Crippen molar-refractivity contribution >= 4 is 23.5 Å². The number of hydrogen-bond donors (Lipinski definition) is 2. The number of carbonyl (C=O) groups excluding carboxylic acids is 1. The molecule has 0 saturated carbocycles. The van der Waals surface area contributed by atoms with Crippen molar-refractivity contribution in [3.8, 4) is 5.75 Å². The Bertz CT molecular complexity index is 567. The minimum Gasteiger partial charge on any atom is -0.506 e. The second kappa shape index (κ2) is 4.42. The van der Waals surface area contributed by atoms with Crippen LogP contribution in [0.2, 0.25) is 5.02 Å². The Morgan fingerprint density at radius 3 is 2.88 bits per heavy atom. The van der Waals surface area contributed by atoms with Gasteiger partial charge in [0.05, 0.1) is 5.02 Å². The van der Waals surface area contributed by atoms with E-state index in [4.69, 9.17) is 11.6 Å². The van der Waals surface area contributed by atoms with Crippen LogP contribution in [-0.4, -0.2) is 25.8 Å². The number of phenols is 1. The highest BCUT2D eigenvalue weighted by atomic mass is 35.5. The van der Waals surface area contributed by atoms with Crippen molar-refractivity contribution in [2.24, 2.45) is 7.05 Å². The summed E-state index contributed by atoms with van der Waals surface area (Å²) < 4.78 is 1.43. The number of anilines is 1. The van der Waals surface area contributed by atoms with Crippen LogP contribution in [0.25, 0.3) is 0 Å². The van der Waals surface area contributed by atoms with E-state index in [1.807, 2.05) is 0 Å². The molecule has 0 bridgehead atoms. The number of hydrogen-bond acceptors (Lipinski definition) is 4. The summed E-state index contributed by atoms with van der Waals surface area (Å²) in [5, 5.41) is 15.7. The molecule has 2 aromatic rings. The van der Waals surface area contributed by atoms with Crippen molar-refractivity contribution in [3.63, 3.8) is 0 Å². The molecule has 0 aliphatic rings. The summed E-state index contributed by atoms with van der Waals surface area (Å²) in [5.41, 5.74) is 0.329. The molecule has 1 amide bonds. The molecule has 17 heavy (non-hydrogen) atoms. The van der Waals surface area contributed by atoms with E-state index in [2.05, 4.69) is 15.4 Å². The van der Waals surface area contributed by atoms with Crippen LogP contribution in [0.15, 0.2) is 24.5 Å². The van der Waals surface area contributed by atoms with Gasteiger partial charge in [0.2, 0.25) is 5.95 Å². The van der Waals surface area contributed by atoms with Crippen molar-refractivity contribution < 1.29 is 9.90 Å². The van der Waals surface area contributed by atoms with Gasteiger partial charge < -0.3 is 5.11 Å². The van der Waals surface area contributed by atoms with Gasteiger partial charge in [-0.05, 0) is 18.2 Å². The molecule has 6 nitrogen and oxygen atoms in total. The van der Waals surface area contributed by atoms with Crippen LogP contribution in [0.4, 0.5) is 5.95 Å². The minimum absolute atomic E-state index is 0.0677. The molecular formula is C10H9ClN4O2. The highest BCUT2D eigenvalue weighted by Crippen LogP contribution is 2.23. The Balaban J connectivity index is 2.20. The zero-order valence-electron chi connectivity index (χ0n) is 8.88. The number of rotatable bonds is 2. The third kappa shape index (κ3) is 2.36. The quantitative estimate of drug-likeness (QED) is 0.847. The molecule has 88 valence electrons. The van der Waals surface area contributed by atoms with Crippen molar-refractivity contribution in [1.29, 1.82) is 0 Å². The Labute approximate surface area is 102 Å². The number of phenolic OH excluding ortho intramolecular Hbond substituents is 1. The average Bonchev–Trinajstić information content (AvgIpc) is 2.68. The Morgan fingerprint density at radius 1 is 1.53 bits per heavy atom. The SMILES string of the molecule is Cn1ncnc1NC(=O)c1ccc(O)c(Cl)c1. The van der Waals surface area contributed by atoms with Gasteiger partial charge in [0.25, 0.3) is 5.91 Å². The number of aromatic hydroxyl groups is 1. The van der Waals surface area contributed by atoms with Gasteiger partial charge in [0, 0.05) is 12.6 Å². The van der Waals surface area contributed by atoms with Gasteiger partial charge in [-0.3, -0.25) is 10.1 Å². The number of nitrogens with zero attached hydrogens (tertiary/aromatic N) is 3. The van der Waals surface area contributed by atoms with E-state index in [0.717, 1.165) is 0 Å². The second-order valence-electron chi connectivity index (χ2n) is 3.33. The van der Waals surface area contributed by atoms with E-state index < -0.39 is 0 Å². The number of amides is 1. The first-order valence-electron chi connectivity index (χ1n) is 4.72. The number of carbonyl (C=O) groups is 1. The van der Waals surface area contributed by atoms with Gasteiger partial charge in [0.1, 0.15) is 12.1 Å². The van der Waals surface area contributed by atoms with Gasteiger partial charge >= 0.3 is 0 Å². The van der Waals surface area contributed by atoms with E-state index in [0.29, 0.717) is 11.5 Å². The topological polar surface area (TPSA) is 80.0 Å². The summed E-state index contributed by atoms with van der Waals surface area (Å²) in [6, 6.07) is 4.20. The van der Waals surface area contributed by atoms with Gasteiger partial charge in [-0.15, -0.1) is 0 Å². The molecule has 2 N–H and O–H groups in total. The zero-order chi connectivity index (χ0) is 12.4. The molecule has 0 atom stereocenters. The van der Waals surface area contributed by atoms with Crippen LogP contribution < -0.4 is 5.32 Å². The largest absolute Gasteiger partial charge is 0.506 e. The summed E-state index contributed by atoms with van der Waals surface area (Å²) in [5.74, 6) is -0.107. The summed E-state index contributed by atoms with van der Waals surface area (Å²) >= 11 is 5.71. The molecule has 0 unspecified atom stereocenters. The normalized spacial score (nSPS) is 10.2. The van der Waals surface area contributed by atoms with Crippen molar-refractivity contribution in [2.75, 3.05) is 5.32 Å². The van der Waals surface area contributed by atoms with E-state index >= 15 is 0 Å². The lowest BCUT2D eigenvalue weighted by Gasteiger charge is -2.04. The maximum Gasteiger partial charge on any atom is 0.258 e. The Kier molecular flexibility index (Phi) is 2.97. The maximum atomic E-state index is 11.8. The molecule has 0 radical (unpaired) electrons. The minimum atomic E-state index is -0.372. The van der Waals surface area contributed by atoms with E-state index in [1.54, 1.807) is 7.05 Å². The molecule has 7 heteroatoms. The molecule has 1 aromatic carbocycles. The highest BCUT2D eigenvalue weighted by Gasteiger charge is 2.10. The number of aryl methyl sites for hydroxylation is 1. The van der Waals surface area contributed by atoms with Gasteiger partial charge in [0.15, 0.2) is 0 Å². The van der Waals surface area contributed by atoms with E-state index in [1.165, 1.54) is 29.2 Å². The summed E-state index contributed by atoms with van der Waals surface area (Å²) in [6.07, 6.45) is 1.33. The van der Waals surface area contributed by atoms with Crippen molar-refractivity contribution in [3.05, 3.63) is 35.1 Å². The fourth-order valence-electron chi connectivity index (χ4n) is 1.23. The summed E-state index contributed by atoms with van der Waals surface area (Å²) in [7, 11) is 1.66. The first-order valence-corrected chi connectivity index (χ1v) is 5.09. The maximum absolute atomic E-state index is 11.8. The third-order valence-electron chi connectivity index (χ3n) is 2.15. The fourth-order valence-corrected chi connectivity index (χ4v) is 1.41. The molecule has 1 aromatic heterocycles. The fraction of sp³-hybridized carbons (Fsp3) is 0.100. The lowest BCUT2D eigenvalue weighted by molar-refractivity contribution is 0.102. The lowest BCUT2D eigenvalue weighted by Crippen LogP contribution is -2.15. The predicted molar refractivity (Wildman–Crippen MR) is 62.1 cm³/mol. The first kappa shape index (κ1) is 11.4. The summed E-state index contributed by atoms with van der Waals surface area (Å²) in [6.45, 7) is 0. The smallest absolute Gasteiger partial charge is 0.258 e. The molecule has 0 aliphatic heterocycles. The van der Waals surface area contributed by atoms with Crippen LogP contribution in [0, 0.1) is 0 Å². The number of halogens is 1. The van der Waals surface area contributed by atoms with Crippen LogP contribution in [-0.2, 0) is 7.05 Å². The van der Waals surface area contributed by atoms with E-state index in [-0.39, 0.29) is 16.7 Å². The van der Waals surface area contributed by atoms with Crippen LogP contribution in [0.5, 0.6) is 5.75 Å². The van der Waals surface area contributed by atoms with Crippen LogP contribution >= 0.6 is 11.6 Å². The molecule has 0 aliphatic carbocycles. The van der Waals surface area contributed by atoms with Crippen LogP contribution in [0.1, 0.15) is 10.4 Å². The van der Waals surface area contributed by atoms with Crippen molar-refractivity contribution in [2.45, 2.75) is 0 Å². The van der Waals surface area contributed by atoms with E-state index in [9.17, 15) is 9.90 Å². The highest BCUT2D eigenvalue weighted by molar-refractivity contribution is 6.32. The molecule has 2 rings (SSSR count). The molecule has 1 heterocycles. The standard InChI is InChI=1S/C10H9ClN4O2/c1-15-10(12-5-13-15)14-9(17)6-2-3-8(16)7(11)4-6/h2-5,16H,1H3,(H,12,13,14,17). The number of aromatic nitrogens is 3. The average molecular weight is 253 g/mol. The number of nitrogens with one attached hydrogen (secondary N) is 1. The summed E-state index contributed by atoms with van der Waals surface area (Å²) in [4.78, 5) is 15.7. The van der Waals surface area contributed by atoms with Gasteiger partial charge in [-0.2, -0.15) is 10.1 Å². The van der Waals surface area contributed by atoms with Crippen molar-refractivity contribution in [1.82, 2.24) is 14.8 Å². The van der Waals surface area contributed by atoms with Gasteiger partial charge in [-0.25, -0.2) is 4.68 Å². The van der Waals surface area contributed by atoms with Gasteiger partial charge in [-0.1, -0.05) is 11.6 Å². The molecule has 0 spiro atoms. The Morgan fingerprint density at radius 2 is 2.29 bits per heavy atom. The first-order chi connectivity index (χ1) is 8.08. The predicted octanol–water partition coefficient (Wildman–Crippen LogP) is 1.43. The number of benzene rings is 1. The third-order valence-corrected chi connectivity index (χ3v) is 2.45. The molecular weight excluding hydrogens is 244 g/mol. The van der Waals surface area contributed by atoms with Crippen LogP contribution in [0.3, 0.4) is 0 Å². The molecule has 0 saturated heterocycles. The zero-order valence-corrected chi connectivity index (χ0v) is 9.64. The monoisotopic (exact) mass is 252 g/mol. The molecule has 0 fully saturated rings. The lowest BCUT2D eigenvalue weighted by atomic mass is 10.2. The second-order valence-corrected chi connectivity index (χ2v) is 3.73. The Hall–Kier alpha value is -2.08.